The average molecular weight is 347 g/mol. The minimum absolute atomic E-state index is 0.0659. The van der Waals surface area contributed by atoms with Crippen LogP contribution in [0.15, 0.2) is 46.9 Å². The van der Waals surface area contributed by atoms with Gasteiger partial charge in [0.2, 0.25) is 0 Å². The van der Waals surface area contributed by atoms with Gasteiger partial charge in [0.15, 0.2) is 6.61 Å². The highest BCUT2D eigenvalue weighted by Crippen LogP contribution is 2.31. The Bertz CT molecular complexity index is 688. The molecule has 0 radical (unpaired) electrons. The van der Waals surface area contributed by atoms with E-state index in [9.17, 15) is 4.79 Å². The van der Waals surface area contributed by atoms with Crippen molar-refractivity contribution in [1.82, 2.24) is 0 Å². The molecule has 0 saturated carbocycles. The molecule has 21 heavy (non-hydrogen) atoms. The summed E-state index contributed by atoms with van der Waals surface area (Å²) in [6.07, 6.45) is 0.729. The van der Waals surface area contributed by atoms with Gasteiger partial charge in [0, 0.05) is 10.5 Å². The summed E-state index contributed by atoms with van der Waals surface area (Å²) in [6, 6.07) is 13.6. The van der Waals surface area contributed by atoms with E-state index in [1.807, 2.05) is 36.4 Å². The monoisotopic (exact) mass is 346 g/mol. The zero-order chi connectivity index (χ0) is 14.8. The van der Waals surface area contributed by atoms with Gasteiger partial charge in [0.05, 0.1) is 5.69 Å². The van der Waals surface area contributed by atoms with Gasteiger partial charge < -0.3 is 15.8 Å². The molecule has 0 aliphatic carbocycles. The molecule has 1 aliphatic heterocycles. The summed E-state index contributed by atoms with van der Waals surface area (Å²) < 4.78 is 6.39. The summed E-state index contributed by atoms with van der Waals surface area (Å²) in [5, 5.41) is 2.80. The van der Waals surface area contributed by atoms with E-state index in [-0.39, 0.29) is 18.6 Å². The van der Waals surface area contributed by atoms with Crippen LogP contribution in [0.25, 0.3) is 0 Å². The smallest absolute Gasteiger partial charge is 0.262 e. The van der Waals surface area contributed by atoms with Crippen LogP contribution in [-0.2, 0) is 11.2 Å². The Morgan fingerprint density at radius 2 is 2.14 bits per heavy atom. The molecule has 1 unspecified atom stereocenters. The summed E-state index contributed by atoms with van der Waals surface area (Å²) in [5.74, 6) is 0.549. The Morgan fingerprint density at radius 1 is 1.29 bits per heavy atom. The first-order valence-corrected chi connectivity index (χ1v) is 7.48. The van der Waals surface area contributed by atoms with Crippen molar-refractivity contribution in [3.05, 3.63) is 58.1 Å². The maximum atomic E-state index is 11.4. The van der Waals surface area contributed by atoms with Crippen LogP contribution < -0.4 is 15.8 Å². The van der Waals surface area contributed by atoms with E-state index in [4.69, 9.17) is 10.5 Å². The second-order valence-electron chi connectivity index (χ2n) is 5.03. The number of benzene rings is 2. The van der Waals surface area contributed by atoms with Gasteiger partial charge in [0.25, 0.3) is 5.91 Å². The zero-order valence-electron chi connectivity index (χ0n) is 11.3. The van der Waals surface area contributed by atoms with Crippen molar-refractivity contribution in [3.8, 4) is 5.75 Å². The number of halogens is 1. The van der Waals surface area contributed by atoms with Crippen LogP contribution in [0.2, 0.25) is 0 Å². The van der Waals surface area contributed by atoms with Gasteiger partial charge in [-0.15, -0.1) is 0 Å². The highest BCUT2D eigenvalue weighted by Gasteiger charge is 2.17. The molecule has 3 rings (SSSR count). The number of nitrogens with two attached hydrogens (primary N) is 1. The second-order valence-corrected chi connectivity index (χ2v) is 5.95. The lowest BCUT2D eigenvalue weighted by molar-refractivity contribution is -0.118. The first kappa shape index (κ1) is 14.1. The van der Waals surface area contributed by atoms with Gasteiger partial charge in [-0.1, -0.05) is 34.1 Å². The maximum absolute atomic E-state index is 11.4. The van der Waals surface area contributed by atoms with Crippen LogP contribution in [0.5, 0.6) is 5.75 Å². The number of hydrogen-bond donors (Lipinski definition) is 2. The molecule has 0 aromatic heterocycles. The summed E-state index contributed by atoms with van der Waals surface area (Å²) in [5.41, 5.74) is 9.10. The van der Waals surface area contributed by atoms with Gasteiger partial charge in [-0.05, 0) is 41.8 Å². The van der Waals surface area contributed by atoms with Gasteiger partial charge in [0.1, 0.15) is 5.75 Å². The van der Waals surface area contributed by atoms with Crippen molar-refractivity contribution in [3.63, 3.8) is 0 Å². The highest BCUT2D eigenvalue weighted by atomic mass is 79.9. The number of hydrogen-bond acceptors (Lipinski definition) is 3. The van der Waals surface area contributed by atoms with Gasteiger partial charge >= 0.3 is 0 Å². The minimum atomic E-state index is -0.139. The molecule has 0 saturated heterocycles. The molecule has 4 nitrogen and oxygen atoms in total. The highest BCUT2D eigenvalue weighted by molar-refractivity contribution is 9.10. The lowest BCUT2D eigenvalue weighted by Crippen LogP contribution is -2.25. The lowest BCUT2D eigenvalue weighted by atomic mass is 9.99. The van der Waals surface area contributed by atoms with E-state index in [0.717, 1.165) is 22.0 Å². The minimum Gasteiger partial charge on any atom is -0.482 e. The fourth-order valence-corrected chi connectivity index (χ4v) is 2.81. The number of rotatable bonds is 3. The zero-order valence-corrected chi connectivity index (χ0v) is 12.9. The third-order valence-electron chi connectivity index (χ3n) is 3.41. The van der Waals surface area contributed by atoms with Crippen molar-refractivity contribution < 1.29 is 9.53 Å². The number of carbonyl (C=O) groups is 1. The number of nitrogens with one attached hydrogen (secondary N) is 1. The first-order chi connectivity index (χ1) is 10.1. The molecule has 1 amide bonds. The van der Waals surface area contributed by atoms with Crippen LogP contribution >= 0.6 is 15.9 Å². The quantitative estimate of drug-likeness (QED) is 0.897. The molecule has 5 heteroatoms. The molecular formula is C16H15BrN2O2. The lowest BCUT2D eigenvalue weighted by Gasteiger charge is -2.20. The molecule has 2 aromatic rings. The second kappa shape index (κ2) is 5.87. The van der Waals surface area contributed by atoms with E-state index in [1.165, 1.54) is 0 Å². The molecule has 0 bridgehead atoms. The SMILES string of the molecule is NC(Cc1cccc(Br)c1)c1ccc2c(c1)NC(=O)CO2. The fraction of sp³-hybridized carbons (Fsp3) is 0.188. The van der Waals surface area contributed by atoms with Crippen LogP contribution in [0.1, 0.15) is 17.2 Å². The van der Waals surface area contributed by atoms with Crippen LogP contribution in [0, 0.1) is 0 Å². The fourth-order valence-electron chi connectivity index (χ4n) is 2.37. The summed E-state index contributed by atoms with van der Waals surface area (Å²) in [7, 11) is 0. The Morgan fingerprint density at radius 3 is 2.95 bits per heavy atom. The Labute approximate surface area is 131 Å². The topological polar surface area (TPSA) is 64.3 Å². The molecule has 1 aliphatic rings. The molecule has 0 fully saturated rings. The molecule has 1 atom stereocenters. The normalized spacial score (nSPS) is 14.9. The Balaban J connectivity index is 1.80. The van der Waals surface area contributed by atoms with Crippen molar-refractivity contribution in [2.75, 3.05) is 11.9 Å². The van der Waals surface area contributed by atoms with Gasteiger partial charge in [-0.3, -0.25) is 4.79 Å². The predicted octanol–water partition coefficient (Wildman–Crippen LogP) is 3.02. The predicted molar refractivity (Wildman–Crippen MR) is 85.3 cm³/mol. The Kier molecular flexibility index (Phi) is 3.94. The summed E-state index contributed by atoms with van der Waals surface area (Å²) in [4.78, 5) is 11.4. The Hall–Kier alpha value is -1.85. The number of amides is 1. The molecular weight excluding hydrogens is 332 g/mol. The molecule has 0 spiro atoms. The van der Waals surface area contributed by atoms with E-state index in [2.05, 4.69) is 27.3 Å². The molecule has 108 valence electrons. The van der Waals surface area contributed by atoms with E-state index in [0.29, 0.717) is 11.4 Å². The van der Waals surface area contributed by atoms with Crippen molar-refractivity contribution in [1.29, 1.82) is 0 Å². The third-order valence-corrected chi connectivity index (χ3v) is 3.90. The summed E-state index contributed by atoms with van der Waals surface area (Å²) >= 11 is 3.46. The van der Waals surface area contributed by atoms with E-state index in [1.54, 1.807) is 0 Å². The van der Waals surface area contributed by atoms with Crippen molar-refractivity contribution >= 4 is 27.5 Å². The summed E-state index contributed by atoms with van der Waals surface area (Å²) in [6.45, 7) is 0.0659. The standard InChI is InChI=1S/C16H15BrN2O2/c17-12-3-1-2-10(6-12)7-13(18)11-4-5-15-14(8-11)19-16(20)9-21-15/h1-6,8,13H,7,9,18H2,(H,19,20). The third kappa shape index (κ3) is 3.25. The van der Waals surface area contributed by atoms with E-state index < -0.39 is 0 Å². The number of carbonyl (C=O) groups excluding carboxylic acids is 1. The van der Waals surface area contributed by atoms with Crippen molar-refractivity contribution in [2.24, 2.45) is 5.73 Å². The molecule has 3 N–H and O–H groups in total. The molecule has 2 aromatic carbocycles. The first-order valence-electron chi connectivity index (χ1n) is 6.68. The maximum Gasteiger partial charge on any atom is 0.262 e. The number of fused-ring (bicyclic) bond motifs is 1. The number of anilines is 1. The number of ether oxygens (including phenoxy) is 1. The van der Waals surface area contributed by atoms with Gasteiger partial charge in [-0.2, -0.15) is 0 Å². The molecule has 1 heterocycles. The van der Waals surface area contributed by atoms with Crippen LogP contribution in [0.4, 0.5) is 5.69 Å². The van der Waals surface area contributed by atoms with E-state index >= 15 is 0 Å². The largest absolute Gasteiger partial charge is 0.482 e. The van der Waals surface area contributed by atoms with Crippen molar-refractivity contribution in [2.45, 2.75) is 12.5 Å². The van der Waals surface area contributed by atoms with Crippen LogP contribution in [0.3, 0.4) is 0 Å². The van der Waals surface area contributed by atoms with Gasteiger partial charge in [-0.25, -0.2) is 0 Å². The van der Waals surface area contributed by atoms with Crippen LogP contribution in [-0.4, -0.2) is 12.5 Å². The average Bonchev–Trinajstić information content (AvgIpc) is 2.46.